The Balaban J connectivity index is 4.12. The molecule has 0 spiro atoms. The summed E-state index contributed by atoms with van der Waals surface area (Å²) in [5, 5.41) is 0. The number of nitrogens with zero attached hydrogens (tertiary/aromatic N) is 2. The van der Waals surface area contributed by atoms with Gasteiger partial charge in [-0.15, -0.1) is 0 Å². The van der Waals surface area contributed by atoms with Crippen LogP contribution < -0.4 is 11.3 Å². The van der Waals surface area contributed by atoms with Crippen LogP contribution in [0.4, 0.5) is 0 Å². The van der Waals surface area contributed by atoms with Crippen LogP contribution in [0.25, 0.3) is 0 Å². The summed E-state index contributed by atoms with van der Waals surface area (Å²) in [4.78, 5) is 6.35. The summed E-state index contributed by atoms with van der Waals surface area (Å²) in [5.41, 5.74) is 2.63. The molecule has 1 unspecified atom stereocenters. The van der Waals surface area contributed by atoms with Crippen molar-refractivity contribution < 1.29 is 0 Å². The Bertz CT molecular complexity index is 172. The largest absolute Gasteiger partial charge is 0.342 e. The average molecular weight is 218 g/mol. The van der Waals surface area contributed by atoms with Crippen LogP contribution in [0, 0.1) is 0 Å². The molecule has 0 amide bonds. The second kappa shape index (κ2) is 7.94. The number of hydrogen-bond donors (Lipinski definition) is 2. The summed E-state index contributed by atoms with van der Waals surface area (Å²) < 4.78 is 0. The number of nitrogens with one attached hydrogen (secondary N) is 1. The van der Waals surface area contributed by atoms with E-state index < -0.39 is 0 Å². The smallest absolute Gasteiger partial charge is 0.208 e. The van der Waals surface area contributed by atoms with Crippen LogP contribution in [0.15, 0.2) is 4.99 Å². The van der Waals surface area contributed by atoms with Crippen LogP contribution in [-0.2, 0) is 0 Å². The van der Waals surface area contributed by atoms with E-state index in [9.17, 15) is 0 Å². The SMILES string of the molecule is CCN=C(NN)N(C)C(C)CCSC. The highest BCUT2D eigenvalue weighted by Gasteiger charge is 2.11. The Morgan fingerprint density at radius 3 is 2.71 bits per heavy atom. The molecule has 0 aliphatic carbocycles. The molecule has 0 aliphatic heterocycles. The first-order valence-electron chi connectivity index (χ1n) is 4.90. The quantitative estimate of drug-likeness (QED) is 0.311. The van der Waals surface area contributed by atoms with Crippen LogP contribution in [0.5, 0.6) is 0 Å². The first kappa shape index (κ1) is 13.6. The number of guanidine groups is 1. The van der Waals surface area contributed by atoms with E-state index in [0.717, 1.165) is 24.7 Å². The Labute approximate surface area is 91.3 Å². The van der Waals surface area contributed by atoms with Gasteiger partial charge in [-0.3, -0.25) is 10.4 Å². The number of thioether (sulfide) groups is 1. The van der Waals surface area contributed by atoms with E-state index >= 15 is 0 Å². The molecule has 0 aromatic rings. The molecule has 0 saturated heterocycles. The minimum Gasteiger partial charge on any atom is -0.342 e. The maximum Gasteiger partial charge on any atom is 0.208 e. The van der Waals surface area contributed by atoms with Gasteiger partial charge in [0.2, 0.25) is 5.96 Å². The number of hydrazine groups is 1. The Hall–Kier alpha value is -0.420. The van der Waals surface area contributed by atoms with E-state index in [1.165, 1.54) is 0 Å². The van der Waals surface area contributed by atoms with Crippen molar-refractivity contribution in [3.05, 3.63) is 0 Å². The Morgan fingerprint density at radius 1 is 1.64 bits per heavy atom. The molecule has 1 atom stereocenters. The Kier molecular flexibility index (Phi) is 7.70. The fraction of sp³-hybridized carbons (Fsp3) is 0.889. The zero-order valence-electron chi connectivity index (χ0n) is 9.58. The first-order chi connectivity index (χ1) is 6.67. The molecule has 0 radical (unpaired) electrons. The molecule has 0 heterocycles. The highest BCUT2D eigenvalue weighted by atomic mass is 32.2. The molecule has 0 aromatic carbocycles. The van der Waals surface area contributed by atoms with Crippen molar-refractivity contribution in [3.8, 4) is 0 Å². The van der Waals surface area contributed by atoms with Gasteiger partial charge >= 0.3 is 0 Å². The molecule has 3 N–H and O–H groups in total. The van der Waals surface area contributed by atoms with E-state index in [-0.39, 0.29) is 0 Å². The van der Waals surface area contributed by atoms with E-state index in [1.807, 2.05) is 25.7 Å². The monoisotopic (exact) mass is 218 g/mol. The standard InChI is InChI=1S/C9H22N4S/c1-5-11-9(12-10)13(3)8(2)6-7-14-4/h8H,5-7,10H2,1-4H3,(H,11,12). The van der Waals surface area contributed by atoms with Gasteiger partial charge in [-0.2, -0.15) is 11.8 Å². The van der Waals surface area contributed by atoms with Gasteiger partial charge in [0.15, 0.2) is 0 Å². The maximum absolute atomic E-state index is 5.40. The first-order valence-corrected chi connectivity index (χ1v) is 6.29. The highest BCUT2D eigenvalue weighted by molar-refractivity contribution is 7.98. The number of aliphatic imine (C=N–C) groups is 1. The van der Waals surface area contributed by atoms with Gasteiger partial charge in [-0.1, -0.05) is 0 Å². The van der Waals surface area contributed by atoms with Crippen molar-refractivity contribution in [2.45, 2.75) is 26.3 Å². The van der Waals surface area contributed by atoms with Gasteiger partial charge in [0.25, 0.3) is 0 Å². The van der Waals surface area contributed by atoms with E-state index in [0.29, 0.717) is 6.04 Å². The van der Waals surface area contributed by atoms with Crippen LogP contribution in [0.3, 0.4) is 0 Å². The summed E-state index contributed by atoms with van der Waals surface area (Å²) in [6, 6.07) is 0.462. The zero-order chi connectivity index (χ0) is 11.0. The average Bonchev–Trinajstić information content (AvgIpc) is 2.21. The lowest BCUT2D eigenvalue weighted by molar-refractivity contribution is 0.369. The van der Waals surface area contributed by atoms with Crippen LogP contribution in [-0.4, -0.2) is 42.5 Å². The van der Waals surface area contributed by atoms with Crippen molar-refractivity contribution in [1.29, 1.82) is 0 Å². The molecule has 0 fully saturated rings. The van der Waals surface area contributed by atoms with Gasteiger partial charge in [-0.05, 0) is 32.3 Å². The fourth-order valence-electron chi connectivity index (χ4n) is 1.10. The molecule has 4 nitrogen and oxygen atoms in total. The van der Waals surface area contributed by atoms with Crippen molar-refractivity contribution in [1.82, 2.24) is 10.3 Å². The topological polar surface area (TPSA) is 53.6 Å². The summed E-state index contributed by atoms with van der Waals surface area (Å²) in [7, 11) is 2.01. The lowest BCUT2D eigenvalue weighted by atomic mass is 10.2. The third-order valence-electron chi connectivity index (χ3n) is 2.17. The molecule has 0 rings (SSSR count). The lowest BCUT2D eigenvalue weighted by Gasteiger charge is -2.27. The summed E-state index contributed by atoms with van der Waals surface area (Å²) in [5.74, 6) is 7.33. The summed E-state index contributed by atoms with van der Waals surface area (Å²) in [6.45, 7) is 4.93. The third-order valence-corrected chi connectivity index (χ3v) is 2.82. The van der Waals surface area contributed by atoms with Gasteiger partial charge in [0.05, 0.1) is 0 Å². The van der Waals surface area contributed by atoms with Gasteiger partial charge in [0.1, 0.15) is 0 Å². The Morgan fingerprint density at radius 2 is 2.29 bits per heavy atom. The van der Waals surface area contributed by atoms with Crippen molar-refractivity contribution in [2.24, 2.45) is 10.8 Å². The van der Waals surface area contributed by atoms with Crippen LogP contribution >= 0.6 is 11.8 Å². The lowest BCUT2D eigenvalue weighted by Crippen LogP contribution is -2.46. The van der Waals surface area contributed by atoms with E-state index in [4.69, 9.17) is 5.84 Å². The second-order valence-corrected chi connectivity index (χ2v) is 4.17. The molecule has 5 heteroatoms. The molecule has 0 bridgehead atoms. The maximum atomic E-state index is 5.40. The summed E-state index contributed by atoms with van der Waals surface area (Å²) >= 11 is 1.86. The van der Waals surface area contributed by atoms with Gasteiger partial charge in [-0.25, -0.2) is 5.84 Å². The van der Waals surface area contributed by atoms with Gasteiger partial charge in [0, 0.05) is 19.6 Å². The highest BCUT2D eigenvalue weighted by Crippen LogP contribution is 2.05. The molecule has 14 heavy (non-hydrogen) atoms. The van der Waals surface area contributed by atoms with E-state index in [2.05, 4.69) is 28.5 Å². The number of nitrogens with two attached hydrogens (primary N) is 1. The fourth-order valence-corrected chi connectivity index (χ4v) is 1.68. The normalized spacial score (nSPS) is 13.9. The minimum absolute atomic E-state index is 0.462. The van der Waals surface area contributed by atoms with Crippen LogP contribution in [0.1, 0.15) is 20.3 Å². The minimum atomic E-state index is 0.462. The molecule has 0 saturated carbocycles. The van der Waals surface area contributed by atoms with Crippen LogP contribution in [0.2, 0.25) is 0 Å². The molecular formula is C9H22N4S. The van der Waals surface area contributed by atoms with Crippen molar-refractivity contribution in [3.63, 3.8) is 0 Å². The molecule has 84 valence electrons. The second-order valence-electron chi connectivity index (χ2n) is 3.18. The molecular weight excluding hydrogens is 196 g/mol. The summed E-state index contributed by atoms with van der Waals surface area (Å²) in [6.07, 6.45) is 3.26. The van der Waals surface area contributed by atoms with E-state index in [1.54, 1.807) is 0 Å². The van der Waals surface area contributed by atoms with Gasteiger partial charge < -0.3 is 4.90 Å². The molecule has 0 aromatic heterocycles. The molecule has 0 aliphatic rings. The third kappa shape index (κ3) is 4.72. The number of rotatable bonds is 5. The number of hydrogen-bond acceptors (Lipinski definition) is 3. The predicted molar refractivity (Wildman–Crippen MR) is 65.5 cm³/mol. The predicted octanol–water partition coefficient (Wildman–Crippen LogP) is 0.899. The zero-order valence-corrected chi connectivity index (χ0v) is 10.4. The van der Waals surface area contributed by atoms with Crippen molar-refractivity contribution in [2.75, 3.05) is 25.6 Å². The van der Waals surface area contributed by atoms with Crippen molar-refractivity contribution >= 4 is 17.7 Å².